The van der Waals surface area contributed by atoms with Crippen molar-refractivity contribution in [2.24, 2.45) is 0 Å². The molecule has 5 nitrogen and oxygen atoms in total. The summed E-state index contributed by atoms with van der Waals surface area (Å²) < 4.78 is 11.4. The zero-order valence-corrected chi connectivity index (χ0v) is 14.3. The van der Waals surface area contributed by atoms with Gasteiger partial charge in [0.05, 0.1) is 18.9 Å². The van der Waals surface area contributed by atoms with E-state index in [1.54, 1.807) is 17.6 Å². The number of thiophene rings is 1. The molecule has 2 aromatic rings. The van der Waals surface area contributed by atoms with E-state index in [0.717, 1.165) is 38.1 Å². The second kappa shape index (κ2) is 7.09. The smallest absolute Gasteiger partial charge is 0.249 e. The lowest BCUT2D eigenvalue weighted by Crippen LogP contribution is -2.47. The van der Waals surface area contributed by atoms with Crippen molar-refractivity contribution in [3.8, 4) is 0 Å². The first-order chi connectivity index (χ1) is 11.8. The first-order valence-electron chi connectivity index (χ1n) is 8.51. The van der Waals surface area contributed by atoms with E-state index in [0.29, 0.717) is 12.6 Å². The second-order valence-electron chi connectivity index (χ2n) is 6.44. The topological polar surface area (TPSA) is 54.7 Å². The normalized spacial score (nSPS) is 27.1. The number of hydrogen-bond acceptors (Lipinski definition) is 5. The Morgan fingerprint density at radius 3 is 3.04 bits per heavy atom. The lowest BCUT2D eigenvalue weighted by atomic mass is 9.98. The van der Waals surface area contributed by atoms with Crippen molar-refractivity contribution in [2.75, 3.05) is 6.54 Å². The minimum Gasteiger partial charge on any atom is -0.467 e. The Kier molecular flexibility index (Phi) is 4.69. The molecule has 0 aliphatic carbocycles. The van der Waals surface area contributed by atoms with E-state index in [1.165, 1.54) is 4.88 Å². The minimum absolute atomic E-state index is 0.0263. The first kappa shape index (κ1) is 15.9. The molecule has 2 aliphatic heterocycles. The lowest BCUT2D eigenvalue weighted by Gasteiger charge is -2.35. The molecule has 0 saturated carbocycles. The van der Waals surface area contributed by atoms with E-state index < -0.39 is 0 Å². The third kappa shape index (κ3) is 3.41. The van der Waals surface area contributed by atoms with Gasteiger partial charge in [-0.1, -0.05) is 6.07 Å². The maximum atomic E-state index is 12.3. The van der Waals surface area contributed by atoms with Crippen LogP contribution in [0.15, 0.2) is 40.3 Å². The molecule has 0 unspecified atom stereocenters. The summed E-state index contributed by atoms with van der Waals surface area (Å²) in [5, 5.41) is 5.04. The standard InChI is InChI=1S/C18H22N2O3S/c21-18(19-11-13-3-1-9-22-13)17-6-5-15-16(23-17)7-8-20(15)12-14-4-2-10-24-14/h1-4,9-10,15-17H,5-8,11-12H2,(H,19,21)/t15-,16-,17-/m0/s1. The van der Waals surface area contributed by atoms with E-state index in [4.69, 9.17) is 9.15 Å². The van der Waals surface area contributed by atoms with Crippen LogP contribution in [0.3, 0.4) is 0 Å². The van der Waals surface area contributed by atoms with Crippen LogP contribution in [0, 0.1) is 0 Å². The molecular formula is C18H22N2O3S. The molecule has 2 aromatic heterocycles. The summed E-state index contributed by atoms with van der Waals surface area (Å²) in [5.41, 5.74) is 0. The van der Waals surface area contributed by atoms with Gasteiger partial charge in [-0.05, 0) is 42.8 Å². The molecule has 2 fully saturated rings. The largest absolute Gasteiger partial charge is 0.467 e. The Morgan fingerprint density at radius 2 is 2.25 bits per heavy atom. The third-order valence-electron chi connectivity index (χ3n) is 4.91. The lowest BCUT2D eigenvalue weighted by molar-refractivity contribution is -0.144. The molecule has 6 heteroatoms. The fourth-order valence-electron chi connectivity index (χ4n) is 3.71. The van der Waals surface area contributed by atoms with Crippen molar-refractivity contribution >= 4 is 17.2 Å². The number of carbonyl (C=O) groups is 1. The van der Waals surface area contributed by atoms with Crippen molar-refractivity contribution in [1.29, 1.82) is 0 Å². The molecule has 0 spiro atoms. The van der Waals surface area contributed by atoms with Crippen LogP contribution in [0.4, 0.5) is 0 Å². The maximum Gasteiger partial charge on any atom is 0.249 e. The number of rotatable bonds is 5. The Labute approximate surface area is 145 Å². The molecule has 1 N–H and O–H groups in total. The van der Waals surface area contributed by atoms with E-state index in [9.17, 15) is 4.79 Å². The summed E-state index contributed by atoms with van der Waals surface area (Å²) >= 11 is 1.80. The molecule has 0 bridgehead atoms. The van der Waals surface area contributed by atoms with Crippen molar-refractivity contribution in [3.63, 3.8) is 0 Å². The van der Waals surface area contributed by atoms with Crippen LogP contribution in [0.2, 0.25) is 0 Å². The van der Waals surface area contributed by atoms with Gasteiger partial charge in [0, 0.05) is 24.0 Å². The molecule has 4 rings (SSSR count). The predicted molar refractivity (Wildman–Crippen MR) is 91.6 cm³/mol. The monoisotopic (exact) mass is 346 g/mol. The average molecular weight is 346 g/mol. The number of fused-ring (bicyclic) bond motifs is 1. The molecule has 0 radical (unpaired) electrons. The highest BCUT2D eigenvalue weighted by molar-refractivity contribution is 7.09. The molecule has 3 atom stereocenters. The summed E-state index contributed by atoms with van der Waals surface area (Å²) in [5.74, 6) is 0.738. The Hall–Kier alpha value is -1.63. The van der Waals surface area contributed by atoms with Crippen molar-refractivity contribution in [3.05, 3.63) is 46.5 Å². The Morgan fingerprint density at radius 1 is 1.29 bits per heavy atom. The van der Waals surface area contributed by atoms with Gasteiger partial charge in [0.15, 0.2) is 0 Å². The third-order valence-corrected chi connectivity index (χ3v) is 5.77. The predicted octanol–water partition coefficient (Wildman–Crippen LogP) is 2.78. The number of hydrogen-bond donors (Lipinski definition) is 1. The molecule has 2 saturated heterocycles. The summed E-state index contributed by atoms with van der Waals surface area (Å²) in [6, 6.07) is 8.42. The zero-order valence-electron chi connectivity index (χ0n) is 13.5. The van der Waals surface area contributed by atoms with Crippen LogP contribution in [0.1, 0.15) is 29.9 Å². The molecule has 0 aromatic carbocycles. The fraction of sp³-hybridized carbons (Fsp3) is 0.500. The number of likely N-dealkylation sites (tertiary alicyclic amines) is 1. The van der Waals surface area contributed by atoms with E-state index in [1.807, 2.05) is 12.1 Å². The van der Waals surface area contributed by atoms with E-state index in [2.05, 4.69) is 27.7 Å². The highest BCUT2D eigenvalue weighted by atomic mass is 32.1. The Bertz CT molecular complexity index is 656. The average Bonchev–Trinajstić information content (AvgIpc) is 3.35. The highest BCUT2D eigenvalue weighted by Crippen LogP contribution is 2.33. The summed E-state index contributed by atoms with van der Waals surface area (Å²) in [6.07, 6.45) is 4.28. The number of nitrogens with one attached hydrogen (secondary N) is 1. The van der Waals surface area contributed by atoms with Crippen molar-refractivity contribution in [2.45, 2.75) is 50.6 Å². The zero-order chi connectivity index (χ0) is 16.4. The summed E-state index contributed by atoms with van der Waals surface area (Å²) in [4.78, 5) is 16.2. The summed E-state index contributed by atoms with van der Waals surface area (Å²) in [6.45, 7) is 2.47. The van der Waals surface area contributed by atoms with Gasteiger partial charge >= 0.3 is 0 Å². The van der Waals surface area contributed by atoms with Gasteiger partial charge in [-0.25, -0.2) is 0 Å². The number of ether oxygens (including phenoxy) is 1. The van der Waals surface area contributed by atoms with Crippen molar-refractivity contribution < 1.29 is 13.9 Å². The van der Waals surface area contributed by atoms with Gasteiger partial charge in [0.1, 0.15) is 11.9 Å². The molecule has 2 aliphatic rings. The fourth-order valence-corrected chi connectivity index (χ4v) is 4.44. The number of nitrogens with zero attached hydrogens (tertiary/aromatic N) is 1. The molecular weight excluding hydrogens is 324 g/mol. The number of furan rings is 1. The molecule has 24 heavy (non-hydrogen) atoms. The molecule has 1 amide bonds. The SMILES string of the molecule is O=C(NCc1ccco1)[C@@H]1CC[C@H]2[C@H](CCN2Cc2cccs2)O1. The van der Waals surface area contributed by atoms with Crippen molar-refractivity contribution in [1.82, 2.24) is 10.2 Å². The first-order valence-corrected chi connectivity index (χ1v) is 9.39. The van der Waals surface area contributed by atoms with Crippen LogP contribution in [0.5, 0.6) is 0 Å². The summed E-state index contributed by atoms with van der Waals surface area (Å²) in [7, 11) is 0. The van der Waals surface area contributed by atoms with Gasteiger partial charge < -0.3 is 14.5 Å². The second-order valence-corrected chi connectivity index (χ2v) is 7.48. The van der Waals surface area contributed by atoms with Crippen LogP contribution in [0.25, 0.3) is 0 Å². The minimum atomic E-state index is -0.331. The maximum absolute atomic E-state index is 12.3. The van der Waals surface area contributed by atoms with Crippen LogP contribution in [-0.2, 0) is 22.6 Å². The quantitative estimate of drug-likeness (QED) is 0.904. The van der Waals surface area contributed by atoms with Gasteiger partial charge in [-0.3, -0.25) is 9.69 Å². The van der Waals surface area contributed by atoms with Crippen LogP contribution in [-0.4, -0.2) is 35.6 Å². The molecule has 4 heterocycles. The Balaban J connectivity index is 1.29. The molecule has 128 valence electrons. The van der Waals surface area contributed by atoms with Gasteiger partial charge in [0.25, 0.3) is 0 Å². The van der Waals surface area contributed by atoms with Crippen LogP contribution < -0.4 is 5.32 Å². The van der Waals surface area contributed by atoms with Crippen LogP contribution >= 0.6 is 11.3 Å². The van der Waals surface area contributed by atoms with Gasteiger partial charge in [-0.15, -0.1) is 11.3 Å². The van der Waals surface area contributed by atoms with Gasteiger partial charge in [0.2, 0.25) is 5.91 Å². The van der Waals surface area contributed by atoms with E-state index >= 15 is 0 Å². The number of carbonyl (C=O) groups excluding carboxylic acids is 1. The van der Waals surface area contributed by atoms with E-state index in [-0.39, 0.29) is 18.1 Å². The number of amides is 1. The highest BCUT2D eigenvalue weighted by Gasteiger charge is 2.41. The van der Waals surface area contributed by atoms with Gasteiger partial charge in [-0.2, -0.15) is 0 Å².